The fraction of sp³-hybridized carbons (Fsp3) is 0.240. The number of carbonyl (C=O) groups excluding carboxylic acids is 1. The summed E-state index contributed by atoms with van der Waals surface area (Å²) in [6, 6.07) is 14.5. The maximum atomic E-state index is 12.6. The van der Waals surface area contributed by atoms with Crippen molar-refractivity contribution < 1.29 is 24.0 Å². The Balaban J connectivity index is 1.70. The molecule has 0 bridgehead atoms. The van der Waals surface area contributed by atoms with E-state index in [1.807, 2.05) is 42.5 Å². The van der Waals surface area contributed by atoms with Crippen molar-refractivity contribution in [1.82, 2.24) is 5.16 Å². The Bertz CT molecular complexity index is 1170. The van der Waals surface area contributed by atoms with E-state index in [0.717, 1.165) is 16.7 Å². The summed E-state index contributed by atoms with van der Waals surface area (Å²) in [5.74, 6) is 4.97. The van der Waals surface area contributed by atoms with Gasteiger partial charge in [0.15, 0.2) is 5.76 Å². The van der Waals surface area contributed by atoms with Gasteiger partial charge in [-0.25, -0.2) is 0 Å². The van der Waals surface area contributed by atoms with Gasteiger partial charge in [0, 0.05) is 33.7 Å². The second-order valence-electron chi connectivity index (χ2n) is 7.18. The molecule has 3 aromatic rings. The van der Waals surface area contributed by atoms with E-state index in [2.05, 4.69) is 17.0 Å². The lowest BCUT2D eigenvalue weighted by molar-refractivity contribution is -0.147. The van der Waals surface area contributed by atoms with Gasteiger partial charge in [0.1, 0.15) is 6.10 Å². The third kappa shape index (κ3) is 5.99. The van der Waals surface area contributed by atoms with Crippen LogP contribution < -0.4 is 0 Å². The number of esters is 1. The normalized spacial score (nSPS) is 11.3. The first-order chi connectivity index (χ1) is 15.3. The fourth-order valence-electron chi connectivity index (χ4n) is 3.11. The first kappa shape index (κ1) is 23.1. The van der Waals surface area contributed by atoms with Gasteiger partial charge in [-0.15, -0.1) is 0 Å². The van der Waals surface area contributed by atoms with Gasteiger partial charge in [-0.1, -0.05) is 46.8 Å². The Labute approximate surface area is 191 Å². The second-order valence-corrected chi connectivity index (χ2v) is 7.59. The van der Waals surface area contributed by atoms with Crippen molar-refractivity contribution in [2.24, 2.45) is 0 Å². The highest BCUT2D eigenvalue weighted by Crippen LogP contribution is 2.29. The van der Waals surface area contributed by atoms with Gasteiger partial charge in [0.2, 0.25) is 0 Å². The number of nitrogens with zero attached hydrogens (tertiary/aromatic N) is 1. The molecule has 1 heterocycles. The van der Waals surface area contributed by atoms with E-state index in [-0.39, 0.29) is 19.3 Å². The van der Waals surface area contributed by atoms with Gasteiger partial charge < -0.3 is 14.4 Å². The van der Waals surface area contributed by atoms with Gasteiger partial charge in [-0.3, -0.25) is 9.59 Å². The highest BCUT2D eigenvalue weighted by molar-refractivity contribution is 6.31. The third-order valence-electron chi connectivity index (χ3n) is 4.80. The van der Waals surface area contributed by atoms with Gasteiger partial charge in [-0.2, -0.15) is 0 Å². The molecule has 0 radical (unpaired) electrons. The van der Waals surface area contributed by atoms with E-state index in [9.17, 15) is 9.59 Å². The lowest BCUT2D eigenvalue weighted by Crippen LogP contribution is -2.12. The Morgan fingerprint density at radius 1 is 1.19 bits per heavy atom. The standard InChI is InChI=1S/C25H22ClNO5/c1-16-21(15-24(30)31-17(2)20-8-4-5-9-22(20)26)25(32-27-16)19-13-11-18(12-14-19)7-3-6-10-23(28)29/h4-5,8-9,11-14,17H,6,10,15H2,1-2H3,(H,28,29). The van der Waals surface area contributed by atoms with Crippen LogP contribution in [0.25, 0.3) is 11.3 Å². The number of hydrogen-bond acceptors (Lipinski definition) is 5. The van der Waals surface area contributed by atoms with Crippen LogP contribution in [0.1, 0.15) is 48.3 Å². The quantitative estimate of drug-likeness (QED) is 0.384. The summed E-state index contributed by atoms with van der Waals surface area (Å²) in [5, 5.41) is 13.2. The van der Waals surface area contributed by atoms with Crippen molar-refractivity contribution in [2.75, 3.05) is 0 Å². The van der Waals surface area contributed by atoms with Crippen molar-refractivity contribution in [3.63, 3.8) is 0 Å². The number of hydrogen-bond donors (Lipinski definition) is 1. The number of aryl methyl sites for hydroxylation is 1. The van der Waals surface area contributed by atoms with E-state index in [1.165, 1.54) is 0 Å². The number of aromatic nitrogens is 1. The van der Waals surface area contributed by atoms with E-state index in [0.29, 0.717) is 22.0 Å². The number of carboxylic acids is 1. The van der Waals surface area contributed by atoms with E-state index in [1.54, 1.807) is 19.9 Å². The average molecular weight is 452 g/mol. The summed E-state index contributed by atoms with van der Waals surface area (Å²) in [6.07, 6.45) is -0.177. The molecule has 0 aliphatic heterocycles. The highest BCUT2D eigenvalue weighted by atomic mass is 35.5. The first-order valence-corrected chi connectivity index (χ1v) is 10.4. The number of ether oxygens (including phenoxy) is 1. The Morgan fingerprint density at radius 2 is 1.91 bits per heavy atom. The van der Waals surface area contributed by atoms with Crippen LogP contribution in [-0.4, -0.2) is 22.2 Å². The molecule has 6 nitrogen and oxygen atoms in total. The molecule has 0 saturated carbocycles. The number of rotatable bonds is 7. The third-order valence-corrected chi connectivity index (χ3v) is 5.15. The largest absolute Gasteiger partial charge is 0.481 e. The fourth-order valence-corrected chi connectivity index (χ4v) is 3.40. The smallest absolute Gasteiger partial charge is 0.311 e. The zero-order valence-electron chi connectivity index (χ0n) is 17.7. The Kier molecular flexibility index (Phi) is 7.69. The molecular weight excluding hydrogens is 430 g/mol. The predicted molar refractivity (Wildman–Crippen MR) is 120 cm³/mol. The van der Waals surface area contributed by atoms with Gasteiger partial charge >= 0.3 is 11.9 Å². The molecule has 1 aromatic heterocycles. The van der Waals surface area contributed by atoms with Crippen LogP contribution in [-0.2, 0) is 20.7 Å². The van der Waals surface area contributed by atoms with Gasteiger partial charge in [0.25, 0.3) is 0 Å². The Morgan fingerprint density at radius 3 is 2.59 bits per heavy atom. The summed E-state index contributed by atoms with van der Waals surface area (Å²) in [6.45, 7) is 3.55. The zero-order chi connectivity index (χ0) is 23.1. The first-order valence-electron chi connectivity index (χ1n) is 10.0. The van der Waals surface area contributed by atoms with Crippen LogP contribution in [0.15, 0.2) is 53.1 Å². The summed E-state index contributed by atoms with van der Waals surface area (Å²) in [5.41, 5.74) is 3.51. The molecule has 2 aromatic carbocycles. The zero-order valence-corrected chi connectivity index (χ0v) is 18.5. The monoisotopic (exact) mass is 451 g/mol. The predicted octanol–water partition coefficient (Wildman–Crippen LogP) is 5.37. The van der Waals surface area contributed by atoms with Crippen molar-refractivity contribution in [2.45, 2.75) is 39.2 Å². The van der Waals surface area contributed by atoms with Crippen LogP contribution in [0.4, 0.5) is 0 Å². The number of carbonyl (C=O) groups is 2. The second kappa shape index (κ2) is 10.7. The minimum Gasteiger partial charge on any atom is -0.481 e. The van der Waals surface area contributed by atoms with Crippen LogP contribution in [0.5, 0.6) is 0 Å². The topological polar surface area (TPSA) is 89.6 Å². The lowest BCUT2D eigenvalue weighted by atomic mass is 10.0. The molecule has 7 heteroatoms. The summed E-state index contributed by atoms with van der Waals surface area (Å²) in [4.78, 5) is 23.1. The molecule has 1 N–H and O–H groups in total. The number of carboxylic acid groups (broad SMARTS) is 1. The van der Waals surface area contributed by atoms with Crippen LogP contribution in [0, 0.1) is 18.8 Å². The van der Waals surface area contributed by atoms with Crippen LogP contribution in [0.2, 0.25) is 5.02 Å². The van der Waals surface area contributed by atoms with Gasteiger partial charge in [0.05, 0.1) is 18.5 Å². The molecule has 164 valence electrons. The number of halogens is 1. The lowest BCUT2D eigenvalue weighted by Gasteiger charge is -2.15. The minimum absolute atomic E-state index is 0.0101. The average Bonchev–Trinajstić information content (AvgIpc) is 3.11. The molecule has 0 aliphatic carbocycles. The molecule has 0 spiro atoms. The number of aliphatic carboxylic acids is 1. The summed E-state index contributed by atoms with van der Waals surface area (Å²) < 4.78 is 11.1. The van der Waals surface area contributed by atoms with Crippen molar-refractivity contribution in [3.8, 4) is 23.2 Å². The molecule has 3 rings (SSSR count). The Hall–Kier alpha value is -3.56. The molecule has 0 aliphatic rings. The molecule has 0 amide bonds. The van der Waals surface area contributed by atoms with Crippen LogP contribution in [0.3, 0.4) is 0 Å². The molecule has 1 unspecified atom stereocenters. The number of benzene rings is 2. The van der Waals surface area contributed by atoms with E-state index >= 15 is 0 Å². The maximum absolute atomic E-state index is 12.6. The SMILES string of the molecule is Cc1noc(-c2ccc(C#CCCC(=O)O)cc2)c1CC(=O)OC(C)c1ccccc1Cl. The van der Waals surface area contributed by atoms with Gasteiger partial charge in [-0.05, 0) is 44.2 Å². The van der Waals surface area contributed by atoms with E-state index in [4.69, 9.17) is 26.0 Å². The summed E-state index contributed by atoms with van der Waals surface area (Å²) >= 11 is 6.19. The molecule has 0 saturated heterocycles. The van der Waals surface area contributed by atoms with Crippen molar-refractivity contribution in [3.05, 3.63) is 75.9 Å². The van der Waals surface area contributed by atoms with Crippen molar-refractivity contribution in [1.29, 1.82) is 0 Å². The van der Waals surface area contributed by atoms with Crippen LogP contribution >= 0.6 is 11.6 Å². The molecular formula is C25H22ClNO5. The summed E-state index contributed by atoms with van der Waals surface area (Å²) in [7, 11) is 0. The minimum atomic E-state index is -0.873. The highest BCUT2D eigenvalue weighted by Gasteiger charge is 2.21. The molecule has 1 atom stereocenters. The van der Waals surface area contributed by atoms with Crippen molar-refractivity contribution >= 4 is 23.5 Å². The van der Waals surface area contributed by atoms with E-state index < -0.39 is 18.0 Å². The molecule has 32 heavy (non-hydrogen) atoms. The maximum Gasteiger partial charge on any atom is 0.311 e. The molecule has 0 fully saturated rings.